The summed E-state index contributed by atoms with van der Waals surface area (Å²) in [6.07, 6.45) is 3.80. The Balaban J connectivity index is 1.95. The van der Waals surface area contributed by atoms with Gasteiger partial charge in [0.1, 0.15) is 0 Å². The lowest BCUT2D eigenvalue weighted by Gasteiger charge is -2.22. The van der Waals surface area contributed by atoms with Crippen LogP contribution >= 0.6 is 0 Å². The molecule has 0 aliphatic carbocycles. The van der Waals surface area contributed by atoms with Crippen LogP contribution in [0.25, 0.3) is 0 Å². The van der Waals surface area contributed by atoms with Crippen molar-refractivity contribution in [3.8, 4) is 0 Å². The van der Waals surface area contributed by atoms with E-state index < -0.39 is 0 Å². The maximum atomic E-state index is 12.2. The summed E-state index contributed by atoms with van der Waals surface area (Å²) < 4.78 is 0. The predicted molar refractivity (Wildman–Crippen MR) is 84.5 cm³/mol. The van der Waals surface area contributed by atoms with Crippen LogP contribution in [0.4, 0.5) is 0 Å². The van der Waals surface area contributed by atoms with Crippen LogP contribution in [-0.2, 0) is 12.8 Å². The molecule has 116 valence electrons. The summed E-state index contributed by atoms with van der Waals surface area (Å²) in [5, 5.41) is 15.5. The number of aliphatic hydroxyl groups is 1. The lowest BCUT2D eigenvalue weighted by molar-refractivity contribution is 0.0944. The minimum atomic E-state index is 0.0128. The van der Waals surface area contributed by atoms with E-state index in [1.54, 1.807) is 0 Å². The third-order valence-electron chi connectivity index (χ3n) is 4.24. The van der Waals surface area contributed by atoms with E-state index in [1.165, 1.54) is 0 Å². The first-order valence-electron chi connectivity index (χ1n) is 7.96. The van der Waals surface area contributed by atoms with Crippen molar-refractivity contribution in [2.45, 2.75) is 32.6 Å². The Bertz CT molecular complexity index is 468. The lowest BCUT2D eigenvalue weighted by Crippen LogP contribution is -2.36. The van der Waals surface area contributed by atoms with E-state index in [1.807, 2.05) is 18.2 Å². The van der Waals surface area contributed by atoms with E-state index in [2.05, 4.69) is 17.6 Å². The second-order valence-corrected chi connectivity index (χ2v) is 5.71. The molecule has 0 atom stereocenters. The van der Waals surface area contributed by atoms with Crippen molar-refractivity contribution in [2.75, 3.05) is 26.2 Å². The van der Waals surface area contributed by atoms with Crippen molar-refractivity contribution in [3.63, 3.8) is 0 Å². The Morgan fingerprint density at radius 1 is 1.33 bits per heavy atom. The van der Waals surface area contributed by atoms with E-state index in [0.29, 0.717) is 12.3 Å². The van der Waals surface area contributed by atoms with Gasteiger partial charge in [-0.2, -0.15) is 0 Å². The summed E-state index contributed by atoms with van der Waals surface area (Å²) in [6, 6.07) is 5.79. The summed E-state index contributed by atoms with van der Waals surface area (Å²) in [5.74, 6) is 0.605. The molecule has 1 aromatic carbocycles. The largest absolute Gasteiger partial charge is 0.396 e. The van der Waals surface area contributed by atoms with Gasteiger partial charge in [-0.15, -0.1) is 0 Å². The van der Waals surface area contributed by atoms with Crippen molar-refractivity contribution in [2.24, 2.45) is 5.92 Å². The molecule has 4 heteroatoms. The van der Waals surface area contributed by atoms with Gasteiger partial charge in [0.05, 0.1) is 0 Å². The third-order valence-corrected chi connectivity index (χ3v) is 4.24. The predicted octanol–water partition coefficient (Wildman–Crippen LogP) is 1.51. The van der Waals surface area contributed by atoms with E-state index >= 15 is 0 Å². The molecule has 1 heterocycles. The van der Waals surface area contributed by atoms with E-state index in [-0.39, 0.29) is 12.5 Å². The van der Waals surface area contributed by atoms with Gasteiger partial charge in [0.2, 0.25) is 0 Å². The average molecular weight is 290 g/mol. The Kier molecular flexibility index (Phi) is 6.21. The topological polar surface area (TPSA) is 61.4 Å². The third kappa shape index (κ3) is 4.55. The molecule has 1 fully saturated rings. The van der Waals surface area contributed by atoms with Crippen LogP contribution in [0, 0.1) is 5.92 Å². The van der Waals surface area contributed by atoms with Gasteiger partial charge in [0.25, 0.3) is 5.91 Å². The zero-order valence-electron chi connectivity index (χ0n) is 12.8. The number of amides is 1. The maximum absolute atomic E-state index is 12.2. The van der Waals surface area contributed by atoms with Crippen molar-refractivity contribution >= 4 is 5.91 Å². The van der Waals surface area contributed by atoms with Crippen molar-refractivity contribution in [1.82, 2.24) is 10.6 Å². The van der Waals surface area contributed by atoms with Gasteiger partial charge in [0.15, 0.2) is 0 Å². The number of aryl methyl sites for hydroxylation is 1. The molecule has 1 amide bonds. The van der Waals surface area contributed by atoms with Gasteiger partial charge >= 0.3 is 0 Å². The molecule has 0 spiro atoms. The van der Waals surface area contributed by atoms with Gasteiger partial charge in [-0.05, 0) is 68.0 Å². The van der Waals surface area contributed by atoms with Crippen LogP contribution in [0.5, 0.6) is 0 Å². The summed E-state index contributed by atoms with van der Waals surface area (Å²) in [4.78, 5) is 12.2. The van der Waals surface area contributed by atoms with Gasteiger partial charge in [-0.1, -0.05) is 13.0 Å². The first kappa shape index (κ1) is 16.0. The number of rotatable bonds is 6. The summed E-state index contributed by atoms with van der Waals surface area (Å²) >= 11 is 0. The Hall–Kier alpha value is -1.39. The normalized spacial score (nSPS) is 15.9. The molecule has 1 aromatic rings. The van der Waals surface area contributed by atoms with Crippen LogP contribution in [0.15, 0.2) is 18.2 Å². The first-order valence-corrected chi connectivity index (χ1v) is 7.96. The van der Waals surface area contributed by atoms with Crippen molar-refractivity contribution in [3.05, 3.63) is 34.9 Å². The number of aliphatic hydroxyl groups excluding tert-OH is 1. The van der Waals surface area contributed by atoms with Gasteiger partial charge in [-0.25, -0.2) is 0 Å². The van der Waals surface area contributed by atoms with Crippen molar-refractivity contribution in [1.29, 1.82) is 0 Å². The van der Waals surface area contributed by atoms with E-state index in [0.717, 1.165) is 55.6 Å². The van der Waals surface area contributed by atoms with Gasteiger partial charge < -0.3 is 15.7 Å². The van der Waals surface area contributed by atoms with Gasteiger partial charge in [0, 0.05) is 18.7 Å². The van der Waals surface area contributed by atoms with Crippen LogP contribution in [-0.4, -0.2) is 37.3 Å². The number of nitrogens with one attached hydrogen (secondary N) is 2. The van der Waals surface area contributed by atoms with Crippen LogP contribution in [0.3, 0.4) is 0 Å². The van der Waals surface area contributed by atoms with Crippen LogP contribution < -0.4 is 10.6 Å². The molecule has 0 radical (unpaired) electrons. The first-order chi connectivity index (χ1) is 10.2. The molecule has 0 saturated carbocycles. The Morgan fingerprint density at radius 3 is 2.76 bits per heavy atom. The summed E-state index contributed by atoms with van der Waals surface area (Å²) in [6.45, 7) is 5.09. The maximum Gasteiger partial charge on any atom is 0.251 e. The second-order valence-electron chi connectivity index (χ2n) is 5.71. The highest BCUT2D eigenvalue weighted by Crippen LogP contribution is 2.15. The second kappa shape index (κ2) is 8.15. The molecular weight excluding hydrogens is 264 g/mol. The molecule has 0 aromatic heterocycles. The number of piperidine rings is 1. The quantitative estimate of drug-likeness (QED) is 0.744. The molecule has 21 heavy (non-hydrogen) atoms. The molecule has 1 saturated heterocycles. The lowest BCUT2D eigenvalue weighted by atomic mass is 9.97. The SMILES string of the molecule is CCc1cc(C(=O)NCC2CCNCC2)ccc1CCO. The molecule has 4 nitrogen and oxygen atoms in total. The monoisotopic (exact) mass is 290 g/mol. The van der Waals surface area contributed by atoms with Gasteiger partial charge in [-0.3, -0.25) is 4.79 Å². The molecule has 0 bridgehead atoms. The fourth-order valence-corrected chi connectivity index (χ4v) is 2.89. The van der Waals surface area contributed by atoms with E-state index in [9.17, 15) is 4.79 Å². The zero-order chi connectivity index (χ0) is 15.1. The standard InChI is InChI=1S/C17H26N2O2/c1-2-14-11-16(4-3-15(14)7-10-20)17(21)19-12-13-5-8-18-9-6-13/h3-4,11,13,18,20H,2,5-10,12H2,1H3,(H,19,21). The van der Waals surface area contributed by atoms with Crippen LogP contribution in [0.1, 0.15) is 41.3 Å². The summed E-state index contributed by atoms with van der Waals surface area (Å²) in [5.41, 5.74) is 3.01. The number of carbonyl (C=O) groups is 1. The fraction of sp³-hybridized carbons (Fsp3) is 0.588. The zero-order valence-corrected chi connectivity index (χ0v) is 12.8. The van der Waals surface area contributed by atoms with E-state index in [4.69, 9.17) is 5.11 Å². The number of hydrogen-bond acceptors (Lipinski definition) is 3. The fourth-order valence-electron chi connectivity index (χ4n) is 2.89. The molecule has 1 aliphatic rings. The highest BCUT2D eigenvalue weighted by Gasteiger charge is 2.15. The molecule has 1 aliphatic heterocycles. The Labute approximate surface area is 126 Å². The smallest absolute Gasteiger partial charge is 0.251 e. The highest BCUT2D eigenvalue weighted by atomic mass is 16.3. The number of carbonyl (C=O) groups excluding carboxylic acids is 1. The summed E-state index contributed by atoms with van der Waals surface area (Å²) in [7, 11) is 0. The van der Waals surface area contributed by atoms with Crippen LogP contribution in [0.2, 0.25) is 0 Å². The number of benzene rings is 1. The Morgan fingerprint density at radius 2 is 2.10 bits per heavy atom. The highest BCUT2D eigenvalue weighted by molar-refractivity contribution is 5.94. The number of hydrogen-bond donors (Lipinski definition) is 3. The molecule has 2 rings (SSSR count). The molecule has 3 N–H and O–H groups in total. The molecular formula is C17H26N2O2. The average Bonchev–Trinajstić information content (AvgIpc) is 2.54. The minimum Gasteiger partial charge on any atom is -0.396 e. The molecule has 0 unspecified atom stereocenters. The van der Waals surface area contributed by atoms with Crippen molar-refractivity contribution < 1.29 is 9.90 Å². The minimum absolute atomic E-state index is 0.0128.